The summed E-state index contributed by atoms with van der Waals surface area (Å²) >= 11 is 11.6. The number of carbonyl (C=O) groups excluding carboxylic acids is 1. The lowest BCUT2D eigenvalue weighted by Gasteiger charge is -2.19. The fraction of sp³-hybridized carbons (Fsp3) is 0.267. The van der Waals surface area contributed by atoms with Crippen molar-refractivity contribution in [3.05, 3.63) is 57.7 Å². The summed E-state index contributed by atoms with van der Waals surface area (Å²) in [5.74, 6) is -1.21. The summed E-state index contributed by atoms with van der Waals surface area (Å²) in [5, 5.41) is 2.72. The fourth-order valence-corrected chi connectivity index (χ4v) is 2.53. The van der Waals surface area contributed by atoms with E-state index in [9.17, 15) is 9.18 Å². The summed E-state index contributed by atoms with van der Waals surface area (Å²) in [6, 6.07) is 1.94. The van der Waals surface area contributed by atoms with Crippen LogP contribution in [0.1, 0.15) is 23.2 Å². The second-order valence-electron chi connectivity index (χ2n) is 4.89. The standard InChI is InChI=1S/C15H15Cl2FN2O3/c16-12-7-13(17)14(18)6-11(12)15(21)20-10(1-3-19)5-9-2-4-22-23-8-9/h2,4,6-8,10H,1,3,5,19H2,(H,20,21). The minimum Gasteiger partial charge on any atom is -0.349 e. The van der Waals surface area contributed by atoms with Gasteiger partial charge < -0.3 is 11.1 Å². The summed E-state index contributed by atoms with van der Waals surface area (Å²) in [6.45, 7) is 0.377. The lowest BCUT2D eigenvalue weighted by Crippen LogP contribution is -2.37. The van der Waals surface area contributed by atoms with Crippen LogP contribution in [0, 0.1) is 5.82 Å². The highest BCUT2D eigenvalue weighted by Crippen LogP contribution is 2.24. The van der Waals surface area contributed by atoms with Crippen LogP contribution in [-0.2, 0) is 9.78 Å². The maximum atomic E-state index is 13.5. The summed E-state index contributed by atoms with van der Waals surface area (Å²) < 4.78 is 13.5. The topological polar surface area (TPSA) is 73.6 Å². The van der Waals surface area contributed by atoms with Crippen molar-refractivity contribution < 1.29 is 19.0 Å². The molecule has 0 fully saturated rings. The molecule has 1 aromatic carbocycles. The zero-order chi connectivity index (χ0) is 16.8. The van der Waals surface area contributed by atoms with E-state index in [1.165, 1.54) is 18.6 Å². The maximum absolute atomic E-state index is 13.5. The second-order valence-corrected chi connectivity index (χ2v) is 5.70. The van der Waals surface area contributed by atoms with Gasteiger partial charge in [-0.3, -0.25) is 14.6 Å². The van der Waals surface area contributed by atoms with Crippen LogP contribution in [0.15, 0.2) is 36.3 Å². The molecule has 0 aliphatic carbocycles. The molecule has 23 heavy (non-hydrogen) atoms. The summed E-state index contributed by atoms with van der Waals surface area (Å²) in [5.41, 5.74) is 6.41. The Labute approximate surface area is 142 Å². The third kappa shape index (κ3) is 4.86. The Bertz CT molecular complexity index is 650. The average molecular weight is 361 g/mol. The number of rotatable bonds is 6. The summed E-state index contributed by atoms with van der Waals surface area (Å²) in [7, 11) is 0. The van der Waals surface area contributed by atoms with Gasteiger partial charge in [0.1, 0.15) is 18.3 Å². The Hall–Kier alpha value is -1.76. The van der Waals surface area contributed by atoms with Crippen molar-refractivity contribution in [2.45, 2.75) is 18.9 Å². The molecule has 0 aromatic heterocycles. The molecule has 2 rings (SSSR count). The van der Waals surface area contributed by atoms with Gasteiger partial charge in [-0.2, -0.15) is 0 Å². The molecule has 1 atom stereocenters. The van der Waals surface area contributed by atoms with E-state index < -0.39 is 11.7 Å². The molecule has 0 bridgehead atoms. The lowest BCUT2D eigenvalue weighted by atomic mass is 10.0. The van der Waals surface area contributed by atoms with Crippen LogP contribution in [-0.4, -0.2) is 18.5 Å². The van der Waals surface area contributed by atoms with Crippen LogP contribution < -0.4 is 11.1 Å². The SMILES string of the molecule is NCCC(CC1=COOC=C1)NC(=O)c1cc(F)c(Cl)cc1Cl. The number of allylic oxidation sites excluding steroid dienone is 1. The van der Waals surface area contributed by atoms with E-state index in [1.54, 1.807) is 6.08 Å². The number of amides is 1. The fourth-order valence-electron chi connectivity index (χ4n) is 2.06. The Kier molecular flexibility index (Phi) is 6.27. The van der Waals surface area contributed by atoms with Gasteiger partial charge in [-0.25, -0.2) is 4.39 Å². The van der Waals surface area contributed by atoms with Crippen LogP contribution in [0.3, 0.4) is 0 Å². The molecule has 1 aliphatic rings. The van der Waals surface area contributed by atoms with E-state index in [2.05, 4.69) is 10.2 Å². The third-order valence-electron chi connectivity index (χ3n) is 3.18. The number of nitrogens with two attached hydrogens (primary N) is 1. The normalized spacial score (nSPS) is 14.5. The van der Waals surface area contributed by atoms with Gasteiger partial charge in [0.25, 0.3) is 5.91 Å². The van der Waals surface area contributed by atoms with Gasteiger partial charge in [0.15, 0.2) is 0 Å². The molecule has 3 N–H and O–H groups in total. The van der Waals surface area contributed by atoms with Crippen molar-refractivity contribution in [3.8, 4) is 0 Å². The minimum absolute atomic E-state index is 0.0170. The quantitative estimate of drug-likeness (QED) is 0.602. The first-order valence-electron chi connectivity index (χ1n) is 6.84. The Morgan fingerprint density at radius 2 is 2.09 bits per heavy atom. The molecule has 0 radical (unpaired) electrons. The van der Waals surface area contributed by atoms with Crippen LogP contribution in [0.4, 0.5) is 4.39 Å². The second kappa shape index (κ2) is 8.19. The maximum Gasteiger partial charge on any atom is 0.253 e. The predicted molar refractivity (Wildman–Crippen MR) is 85.4 cm³/mol. The molecule has 0 spiro atoms. The smallest absolute Gasteiger partial charge is 0.253 e. The zero-order valence-electron chi connectivity index (χ0n) is 12.0. The van der Waals surface area contributed by atoms with E-state index in [4.69, 9.17) is 33.8 Å². The van der Waals surface area contributed by atoms with Crippen molar-refractivity contribution >= 4 is 29.1 Å². The first-order valence-corrected chi connectivity index (χ1v) is 7.60. The molecule has 1 amide bonds. The molecule has 0 saturated carbocycles. The zero-order valence-corrected chi connectivity index (χ0v) is 13.5. The van der Waals surface area contributed by atoms with Crippen LogP contribution in [0.2, 0.25) is 10.0 Å². The van der Waals surface area contributed by atoms with E-state index in [-0.39, 0.29) is 21.7 Å². The molecule has 5 nitrogen and oxygen atoms in total. The van der Waals surface area contributed by atoms with E-state index in [0.29, 0.717) is 19.4 Å². The van der Waals surface area contributed by atoms with Gasteiger partial charge in [-0.1, -0.05) is 23.2 Å². The first kappa shape index (κ1) is 17.6. The average Bonchev–Trinajstić information content (AvgIpc) is 2.52. The largest absolute Gasteiger partial charge is 0.349 e. The van der Waals surface area contributed by atoms with Gasteiger partial charge in [-0.15, -0.1) is 0 Å². The van der Waals surface area contributed by atoms with Crippen molar-refractivity contribution in [1.29, 1.82) is 0 Å². The highest BCUT2D eigenvalue weighted by Gasteiger charge is 2.19. The monoisotopic (exact) mass is 360 g/mol. The Balaban J connectivity index is 2.10. The molecule has 1 aliphatic heterocycles. The van der Waals surface area contributed by atoms with Crippen molar-refractivity contribution in [1.82, 2.24) is 5.32 Å². The van der Waals surface area contributed by atoms with E-state index >= 15 is 0 Å². The lowest BCUT2D eigenvalue weighted by molar-refractivity contribution is -0.199. The highest BCUT2D eigenvalue weighted by atomic mass is 35.5. The molecule has 0 saturated heterocycles. The van der Waals surface area contributed by atoms with Gasteiger partial charge in [-0.05, 0) is 43.2 Å². The van der Waals surface area contributed by atoms with Crippen molar-refractivity contribution in [2.24, 2.45) is 5.73 Å². The van der Waals surface area contributed by atoms with Crippen molar-refractivity contribution in [2.75, 3.05) is 6.54 Å². The number of hydrogen-bond donors (Lipinski definition) is 2. The van der Waals surface area contributed by atoms with E-state index in [1.807, 2.05) is 0 Å². The van der Waals surface area contributed by atoms with Crippen molar-refractivity contribution in [3.63, 3.8) is 0 Å². The molecule has 1 unspecified atom stereocenters. The third-order valence-corrected chi connectivity index (χ3v) is 3.78. The van der Waals surface area contributed by atoms with Gasteiger partial charge >= 0.3 is 0 Å². The molecule has 1 aromatic rings. The number of nitrogens with one attached hydrogen (secondary N) is 1. The number of hydrogen-bond acceptors (Lipinski definition) is 4. The van der Waals surface area contributed by atoms with Crippen LogP contribution in [0.25, 0.3) is 0 Å². The van der Waals surface area contributed by atoms with Crippen LogP contribution >= 0.6 is 23.2 Å². The van der Waals surface area contributed by atoms with Gasteiger partial charge in [0.05, 0.1) is 15.6 Å². The van der Waals surface area contributed by atoms with Crippen LogP contribution in [0.5, 0.6) is 0 Å². The Morgan fingerprint density at radius 3 is 2.74 bits per heavy atom. The summed E-state index contributed by atoms with van der Waals surface area (Å²) in [6.07, 6.45) is 5.56. The molecular formula is C15H15Cl2FN2O3. The molecular weight excluding hydrogens is 346 g/mol. The Morgan fingerprint density at radius 1 is 1.30 bits per heavy atom. The van der Waals surface area contributed by atoms with E-state index in [0.717, 1.165) is 11.6 Å². The summed E-state index contributed by atoms with van der Waals surface area (Å²) in [4.78, 5) is 21.6. The minimum atomic E-state index is -0.708. The molecule has 124 valence electrons. The molecule has 1 heterocycles. The van der Waals surface area contributed by atoms with Gasteiger partial charge in [0.2, 0.25) is 0 Å². The highest BCUT2D eigenvalue weighted by molar-refractivity contribution is 6.36. The molecule has 8 heteroatoms. The predicted octanol–water partition coefficient (Wildman–Crippen LogP) is 3.33. The first-order chi connectivity index (χ1) is 11.0. The number of benzene rings is 1. The number of carbonyl (C=O) groups is 1. The number of halogens is 3. The van der Waals surface area contributed by atoms with Gasteiger partial charge in [0, 0.05) is 6.04 Å².